The van der Waals surface area contributed by atoms with Crippen LogP contribution in [0.1, 0.15) is 43.1 Å². The smallest absolute Gasteiger partial charge is 0.272 e. The third-order valence-electron chi connectivity index (χ3n) is 2.88. The fraction of sp³-hybridized carbons (Fsp3) is 0.571. The molecule has 0 saturated carbocycles. The molecule has 0 fully saturated rings. The first kappa shape index (κ1) is 15.9. The van der Waals surface area contributed by atoms with E-state index in [0.717, 1.165) is 25.7 Å². The molecular weight excluding hydrogens is 264 g/mol. The third kappa shape index (κ3) is 5.57. The maximum absolute atomic E-state index is 12.2. The molecule has 4 nitrogen and oxygen atoms in total. The molecule has 106 valence electrons. The van der Waals surface area contributed by atoms with E-state index in [0.29, 0.717) is 23.8 Å². The van der Waals surface area contributed by atoms with Gasteiger partial charge >= 0.3 is 0 Å². The molecular formula is C14H21ClN2O2. The van der Waals surface area contributed by atoms with E-state index in [-0.39, 0.29) is 12.5 Å². The van der Waals surface area contributed by atoms with Crippen LogP contribution in [-0.2, 0) is 0 Å². The summed E-state index contributed by atoms with van der Waals surface area (Å²) in [5.41, 5.74) is 0.330. The summed E-state index contributed by atoms with van der Waals surface area (Å²) in [5, 5.41) is 9.54. The fourth-order valence-electron chi connectivity index (χ4n) is 1.85. The van der Waals surface area contributed by atoms with Crippen molar-refractivity contribution in [3.05, 3.63) is 29.0 Å². The number of carbonyl (C=O) groups is 1. The summed E-state index contributed by atoms with van der Waals surface area (Å²) in [6.45, 7) is 3.08. The van der Waals surface area contributed by atoms with Gasteiger partial charge in [0.15, 0.2) is 0 Å². The summed E-state index contributed by atoms with van der Waals surface area (Å²) in [7, 11) is 0. The van der Waals surface area contributed by atoms with Crippen molar-refractivity contribution in [2.24, 2.45) is 0 Å². The molecule has 0 atom stereocenters. The van der Waals surface area contributed by atoms with Crippen molar-refractivity contribution in [3.8, 4) is 0 Å². The molecule has 0 saturated heterocycles. The lowest BCUT2D eigenvalue weighted by molar-refractivity contribution is 0.0712. The zero-order chi connectivity index (χ0) is 14.1. The highest BCUT2D eigenvalue weighted by Crippen LogP contribution is 2.11. The Bertz CT molecular complexity index is 399. The Labute approximate surface area is 119 Å². The second-order valence-corrected chi connectivity index (χ2v) is 4.87. The molecule has 0 radical (unpaired) electrons. The van der Waals surface area contributed by atoms with E-state index >= 15 is 0 Å². The Hall–Kier alpha value is -1.13. The minimum atomic E-state index is -0.173. The molecule has 1 N–H and O–H groups in total. The summed E-state index contributed by atoms with van der Waals surface area (Å²) >= 11 is 5.86. The van der Waals surface area contributed by atoms with Crippen molar-refractivity contribution in [1.82, 2.24) is 9.88 Å². The number of hydrogen-bond acceptors (Lipinski definition) is 3. The number of amides is 1. The van der Waals surface area contributed by atoms with Gasteiger partial charge in [-0.15, -0.1) is 0 Å². The molecule has 0 spiro atoms. The highest BCUT2D eigenvalue weighted by atomic mass is 35.5. The molecule has 1 aromatic rings. The van der Waals surface area contributed by atoms with E-state index in [1.54, 1.807) is 17.0 Å². The molecule has 1 heterocycles. The van der Waals surface area contributed by atoms with Crippen LogP contribution in [0.3, 0.4) is 0 Å². The van der Waals surface area contributed by atoms with E-state index in [4.69, 9.17) is 16.7 Å². The molecule has 1 rings (SSSR count). The maximum Gasteiger partial charge on any atom is 0.272 e. The molecule has 0 aliphatic heterocycles. The van der Waals surface area contributed by atoms with Crippen molar-refractivity contribution >= 4 is 17.5 Å². The van der Waals surface area contributed by atoms with Crippen molar-refractivity contribution in [2.75, 3.05) is 19.7 Å². The van der Waals surface area contributed by atoms with E-state index in [1.807, 2.05) is 0 Å². The van der Waals surface area contributed by atoms with Crippen molar-refractivity contribution in [2.45, 2.75) is 32.6 Å². The Morgan fingerprint density at radius 1 is 1.37 bits per heavy atom. The number of rotatable bonds is 8. The van der Waals surface area contributed by atoms with E-state index in [2.05, 4.69) is 11.9 Å². The van der Waals surface area contributed by atoms with Gasteiger partial charge in [-0.25, -0.2) is 0 Å². The van der Waals surface area contributed by atoms with Crippen LogP contribution in [0.4, 0.5) is 0 Å². The van der Waals surface area contributed by atoms with Gasteiger partial charge < -0.3 is 10.0 Å². The monoisotopic (exact) mass is 284 g/mol. The molecule has 5 heteroatoms. The van der Waals surface area contributed by atoms with Gasteiger partial charge in [-0.2, -0.15) is 0 Å². The second kappa shape index (κ2) is 8.88. The van der Waals surface area contributed by atoms with Gasteiger partial charge in [0.2, 0.25) is 0 Å². The number of unbranched alkanes of at least 4 members (excludes halogenated alkanes) is 3. The lowest BCUT2D eigenvalue weighted by atomic mass is 10.2. The quantitative estimate of drug-likeness (QED) is 0.747. The van der Waals surface area contributed by atoms with Crippen LogP contribution in [0.5, 0.6) is 0 Å². The summed E-state index contributed by atoms with van der Waals surface area (Å²) in [5.74, 6) is -0.173. The molecule has 0 aliphatic carbocycles. The number of carbonyl (C=O) groups excluding carboxylic acids is 1. The summed E-state index contributed by atoms with van der Waals surface area (Å²) in [4.78, 5) is 17.9. The average molecular weight is 285 g/mol. The Morgan fingerprint density at radius 3 is 2.79 bits per heavy atom. The molecule has 0 unspecified atom stereocenters. The van der Waals surface area contributed by atoms with Crippen LogP contribution >= 0.6 is 11.6 Å². The molecule has 0 aliphatic rings. The first-order valence-corrected chi connectivity index (χ1v) is 7.08. The first-order valence-electron chi connectivity index (χ1n) is 6.70. The number of aliphatic hydroxyl groups excluding tert-OH is 1. The number of pyridine rings is 1. The van der Waals surface area contributed by atoms with Crippen LogP contribution in [-0.4, -0.2) is 40.6 Å². The fourth-order valence-corrected chi connectivity index (χ4v) is 2.01. The van der Waals surface area contributed by atoms with E-state index in [1.165, 1.54) is 6.20 Å². The highest BCUT2D eigenvalue weighted by molar-refractivity contribution is 6.30. The number of aliphatic hydroxyl groups is 1. The zero-order valence-corrected chi connectivity index (χ0v) is 12.1. The average Bonchev–Trinajstić information content (AvgIpc) is 2.41. The summed E-state index contributed by atoms with van der Waals surface area (Å²) in [6, 6.07) is 3.19. The number of halogens is 1. The Morgan fingerprint density at radius 2 is 2.16 bits per heavy atom. The van der Waals surface area contributed by atoms with Gasteiger partial charge in [0, 0.05) is 24.3 Å². The molecule has 0 bridgehead atoms. The van der Waals surface area contributed by atoms with Gasteiger partial charge in [0.05, 0.1) is 6.61 Å². The minimum absolute atomic E-state index is 0.0416. The number of nitrogens with zero attached hydrogens (tertiary/aromatic N) is 2. The normalized spacial score (nSPS) is 10.5. The van der Waals surface area contributed by atoms with Crippen LogP contribution in [0.2, 0.25) is 5.02 Å². The lowest BCUT2D eigenvalue weighted by Crippen LogP contribution is -2.35. The maximum atomic E-state index is 12.2. The van der Waals surface area contributed by atoms with Gasteiger partial charge in [-0.1, -0.05) is 37.8 Å². The van der Waals surface area contributed by atoms with Crippen LogP contribution in [0.25, 0.3) is 0 Å². The van der Waals surface area contributed by atoms with Crippen molar-refractivity contribution < 1.29 is 9.90 Å². The Kier molecular flexibility index (Phi) is 7.45. The van der Waals surface area contributed by atoms with Crippen LogP contribution in [0.15, 0.2) is 18.3 Å². The highest BCUT2D eigenvalue weighted by Gasteiger charge is 2.16. The second-order valence-electron chi connectivity index (χ2n) is 4.44. The predicted molar refractivity (Wildman–Crippen MR) is 76.4 cm³/mol. The summed E-state index contributed by atoms with van der Waals surface area (Å²) in [6.07, 6.45) is 5.87. The summed E-state index contributed by atoms with van der Waals surface area (Å²) < 4.78 is 0. The number of hydrogen-bond donors (Lipinski definition) is 1. The molecule has 19 heavy (non-hydrogen) atoms. The molecule has 0 aromatic carbocycles. The van der Waals surface area contributed by atoms with Gasteiger partial charge in [0.25, 0.3) is 5.91 Å². The lowest BCUT2D eigenvalue weighted by Gasteiger charge is -2.21. The van der Waals surface area contributed by atoms with Gasteiger partial charge in [-0.05, 0) is 18.6 Å². The first-order chi connectivity index (χ1) is 9.19. The van der Waals surface area contributed by atoms with Gasteiger partial charge in [-0.3, -0.25) is 9.78 Å². The number of aromatic nitrogens is 1. The van der Waals surface area contributed by atoms with Gasteiger partial charge in [0.1, 0.15) is 5.69 Å². The molecule has 1 amide bonds. The van der Waals surface area contributed by atoms with Crippen LogP contribution < -0.4 is 0 Å². The third-order valence-corrected chi connectivity index (χ3v) is 3.11. The Balaban J connectivity index is 2.61. The molecule has 1 aromatic heterocycles. The van der Waals surface area contributed by atoms with E-state index in [9.17, 15) is 4.79 Å². The minimum Gasteiger partial charge on any atom is -0.395 e. The predicted octanol–water partition coefficient (Wildman–Crippen LogP) is 2.75. The van der Waals surface area contributed by atoms with E-state index < -0.39 is 0 Å². The van der Waals surface area contributed by atoms with Crippen molar-refractivity contribution in [3.63, 3.8) is 0 Å². The standard InChI is InChI=1S/C14H21ClN2O2/c1-2-3-4-5-8-17(9-10-18)14(19)13-11-12(15)6-7-16-13/h6-7,11,18H,2-5,8-10H2,1H3. The zero-order valence-electron chi connectivity index (χ0n) is 11.3. The van der Waals surface area contributed by atoms with Crippen molar-refractivity contribution in [1.29, 1.82) is 0 Å². The SMILES string of the molecule is CCCCCCN(CCO)C(=O)c1cc(Cl)ccn1. The topological polar surface area (TPSA) is 53.4 Å². The largest absolute Gasteiger partial charge is 0.395 e. The van der Waals surface area contributed by atoms with Crippen LogP contribution in [0, 0.1) is 0 Å².